The summed E-state index contributed by atoms with van der Waals surface area (Å²) in [6, 6.07) is 9.48. The zero-order valence-electron chi connectivity index (χ0n) is 14.3. The van der Waals surface area contributed by atoms with E-state index in [1.807, 2.05) is 28.8 Å². The molecule has 1 aliphatic heterocycles. The molecule has 1 aliphatic rings. The molecule has 1 amide bonds. The van der Waals surface area contributed by atoms with Gasteiger partial charge in [-0.05, 0) is 18.2 Å². The molecule has 1 fully saturated rings. The maximum absolute atomic E-state index is 12.5. The first-order valence-electron chi connectivity index (χ1n) is 8.56. The van der Waals surface area contributed by atoms with E-state index in [2.05, 4.69) is 25.1 Å². The molecular formula is C18H15N7O2. The summed E-state index contributed by atoms with van der Waals surface area (Å²) in [6.07, 6.45) is 4.95. The number of hydrogen-bond donors (Lipinski definition) is 0. The summed E-state index contributed by atoms with van der Waals surface area (Å²) in [5.74, 6) is 1.38. The van der Waals surface area contributed by atoms with E-state index in [-0.39, 0.29) is 18.4 Å². The van der Waals surface area contributed by atoms with Gasteiger partial charge in [-0.1, -0.05) is 17.3 Å². The van der Waals surface area contributed by atoms with Gasteiger partial charge >= 0.3 is 0 Å². The number of fused-ring (bicyclic) bond motifs is 1. The van der Waals surface area contributed by atoms with Gasteiger partial charge in [0.15, 0.2) is 0 Å². The maximum atomic E-state index is 12.5. The van der Waals surface area contributed by atoms with Crippen LogP contribution in [0.2, 0.25) is 0 Å². The minimum absolute atomic E-state index is 0.0402. The van der Waals surface area contributed by atoms with Crippen LogP contribution in [0.25, 0.3) is 22.7 Å². The van der Waals surface area contributed by atoms with Crippen LogP contribution in [0.5, 0.6) is 0 Å². The number of benzene rings is 1. The summed E-state index contributed by atoms with van der Waals surface area (Å²) in [4.78, 5) is 31.2. The lowest BCUT2D eigenvalue weighted by atomic mass is 10.00. The van der Waals surface area contributed by atoms with Crippen molar-refractivity contribution in [2.45, 2.75) is 12.5 Å². The van der Waals surface area contributed by atoms with Crippen LogP contribution < -0.4 is 0 Å². The first-order chi connectivity index (χ1) is 13.3. The number of likely N-dealkylation sites (tertiary alicyclic amines) is 1. The van der Waals surface area contributed by atoms with Crippen molar-refractivity contribution in [1.82, 2.24) is 34.6 Å². The molecule has 1 saturated heterocycles. The Morgan fingerprint density at radius 3 is 2.74 bits per heavy atom. The lowest BCUT2D eigenvalue weighted by molar-refractivity contribution is -0.136. The Balaban J connectivity index is 1.23. The Hall–Kier alpha value is -3.62. The van der Waals surface area contributed by atoms with E-state index in [1.165, 1.54) is 0 Å². The van der Waals surface area contributed by atoms with E-state index < -0.39 is 0 Å². The van der Waals surface area contributed by atoms with Crippen molar-refractivity contribution in [2.75, 3.05) is 13.1 Å². The molecule has 0 N–H and O–H groups in total. The van der Waals surface area contributed by atoms with Crippen molar-refractivity contribution in [3.05, 3.63) is 54.9 Å². The maximum Gasteiger partial charge on any atom is 0.242 e. The highest BCUT2D eigenvalue weighted by atomic mass is 16.5. The van der Waals surface area contributed by atoms with Crippen molar-refractivity contribution in [3.63, 3.8) is 0 Å². The van der Waals surface area contributed by atoms with E-state index in [0.29, 0.717) is 30.6 Å². The van der Waals surface area contributed by atoms with E-state index in [4.69, 9.17) is 4.52 Å². The van der Waals surface area contributed by atoms with Crippen LogP contribution in [0.1, 0.15) is 11.8 Å². The van der Waals surface area contributed by atoms with Crippen molar-refractivity contribution in [2.24, 2.45) is 0 Å². The molecule has 0 bridgehead atoms. The van der Waals surface area contributed by atoms with Gasteiger partial charge in [0.25, 0.3) is 0 Å². The zero-order chi connectivity index (χ0) is 18.2. The Morgan fingerprint density at radius 2 is 1.89 bits per heavy atom. The summed E-state index contributed by atoms with van der Waals surface area (Å²) in [5.41, 5.74) is 1.83. The summed E-state index contributed by atoms with van der Waals surface area (Å²) in [5, 5.41) is 3.93. The Kier molecular flexibility index (Phi) is 3.63. The van der Waals surface area contributed by atoms with E-state index in [0.717, 1.165) is 11.0 Å². The Labute approximate surface area is 153 Å². The van der Waals surface area contributed by atoms with Gasteiger partial charge in [-0.3, -0.25) is 4.79 Å². The predicted octanol–water partition coefficient (Wildman–Crippen LogP) is 1.50. The van der Waals surface area contributed by atoms with Crippen molar-refractivity contribution < 1.29 is 9.32 Å². The number of imidazole rings is 1. The summed E-state index contributed by atoms with van der Waals surface area (Å²) in [6.45, 7) is 1.38. The van der Waals surface area contributed by atoms with Gasteiger partial charge < -0.3 is 14.0 Å². The number of para-hydroxylation sites is 2. The lowest BCUT2D eigenvalue weighted by Crippen LogP contribution is -2.49. The monoisotopic (exact) mass is 361 g/mol. The average molecular weight is 361 g/mol. The van der Waals surface area contributed by atoms with Crippen LogP contribution in [-0.2, 0) is 11.3 Å². The first kappa shape index (κ1) is 15.6. The molecule has 4 heterocycles. The zero-order valence-corrected chi connectivity index (χ0v) is 14.3. The molecule has 134 valence electrons. The average Bonchev–Trinajstić information content (AvgIpc) is 3.29. The predicted molar refractivity (Wildman–Crippen MR) is 94.4 cm³/mol. The minimum atomic E-state index is 0.0402. The summed E-state index contributed by atoms with van der Waals surface area (Å²) >= 11 is 0. The highest BCUT2D eigenvalue weighted by molar-refractivity contribution is 5.81. The van der Waals surface area contributed by atoms with Gasteiger partial charge in [0, 0.05) is 25.5 Å². The van der Waals surface area contributed by atoms with Gasteiger partial charge in [0.05, 0.1) is 23.3 Å². The van der Waals surface area contributed by atoms with Crippen LogP contribution in [0, 0.1) is 0 Å². The molecule has 0 saturated carbocycles. The standard InChI is InChI=1S/C18H15N7O2/c26-15(10-25-11-21-13-4-1-2-5-14(13)25)24-8-12(9-24)18-22-17(23-27-18)16-19-6-3-7-20-16/h1-7,11-12H,8-10H2. The van der Waals surface area contributed by atoms with Crippen molar-refractivity contribution in [1.29, 1.82) is 0 Å². The molecule has 5 rings (SSSR count). The van der Waals surface area contributed by atoms with Gasteiger partial charge in [0.2, 0.25) is 23.4 Å². The number of aromatic nitrogens is 6. The second-order valence-corrected chi connectivity index (χ2v) is 6.39. The fourth-order valence-electron chi connectivity index (χ4n) is 3.13. The summed E-state index contributed by atoms with van der Waals surface area (Å²) < 4.78 is 7.18. The molecule has 0 radical (unpaired) electrons. The number of amides is 1. The third kappa shape index (κ3) is 2.82. The SMILES string of the molecule is O=C(Cn1cnc2ccccc21)N1CC(c2nc(-c3ncccn3)no2)C1. The van der Waals surface area contributed by atoms with Crippen molar-refractivity contribution in [3.8, 4) is 11.6 Å². The second kappa shape index (κ2) is 6.27. The van der Waals surface area contributed by atoms with Crippen LogP contribution >= 0.6 is 0 Å². The molecule has 0 spiro atoms. The summed E-state index contributed by atoms with van der Waals surface area (Å²) in [7, 11) is 0. The molecule has 3 aromatic heterocycles. The fourth-order valence-corrected chi connectivity index (χ4v) is 3.13. The van der Waals surface area contributed by atoms with Gasteiger partial charge in [-0.2, -0.15) is 4.98 Å². The number of carbonyl (C=O) groups is 1. The largest absolute Gasteiger partial charge is 0.339 e. The molecule has 9 nitrogen and oxygen atoms in total. The van der Waals surface area contributed by atoms with Crippen LogP contribution in [-0.4, -0.2) is 53.6 Å². The third-order valence-corrected chi connectivity index (χ3v) is 4.62. The molecule has 4 aromatic rings. The second-order valence-electron chi connectivity index (χ2n) is 6.39. The minimum Gasteiger partial charge on any atom is -0.339 e. The smallest absolute Gasteiger partial charge is 0.242 e. The van der Waals surface area contributed by atoms with Crippen LogP contribution in [0.15, 0.2) is 53.6 Å². The van der Waals surface area contributed by atoms with E-state index in [9.17, 15) is 4.79 Å². The highest BCUT2D eigenvalue weighted by Gasteiger charge is 2.35. The van der Waals surface area contributed by atoms with E-state index in [1.54, 1.807) is 29.7 Å². The van der Waals surface area contributed by atoms with Crippen LogP contribution in [0.3, 0.4) is 0 Å². The Bertz CT molecular complexity index is 1100. The number of rotatable bonds is 4. The van der Waals surface area contributed by atoms with Gasteiger partial charge in [-0.15, -0.1) is 0 Å². The van der Waals surface area contributed by atoms with Gasteiger partial charge in [-0.25, -0.2) is 15.0 Å². The normalized spacial score (nSPS) is 14.4. The van der Waals surface area contributed by atoms with Gasteiger partial charge in [0.1, 0.15) is 6.54 Å². The molecular weight excluding hydrogens is 346 g/mol. The first-order valence-corrected chi connectivity index (χ1v) is 8.56. The highest BCUT2D eigenvalue weighted by Crippen LogP contribution is 2.27. The Morgan fingerprint density at radius 1 is 1.07 bits per heavy atom. The molecule has 27 heavy (non-hydrogen) atoms. The quantitative estimate of drug-likeness (QED) is 0.543. The number of hydrogen-bond acceptors (Lipinski definition) is 7. The molecule has 1 aromatic carbocycles. The number of nitrogens with zero attached hydrogens (tertiary/aromatic N) is 7. The molecule has 0 atom stereocenters. The van der Waals surface area contributed by atoms with Crippen LogP contribution in [0.4, 0.5) is 0 Å². The molecule has 0 unspecified atom stereocenters. The third-order valence-electron chi connectivity index (χ3n) is 4.62. The molecule has 9 heteroatoms. The van der Waals surface area contributed by atoms with Crippen molar-refractivity contribution >= 4 is 16.9 Å². The lowest BCUT2D eigenvalue weighted by Gasteiger charge is -2.37. The fraction of sp³-hybridized carbons (Fsp3) is 0.222. The molecule has 0 aliphatic carbocycles. The van der Waals surface area contributed by atoms with E-state index >= 15 is 0 Å². The number of carbonyl (C=O) groups excluding carboxylic acids is 1. The topological polar surface area (TPSA) is 103 Å².